The summed E-state index contributed by atoms with van der Waals surface area (Å²) in [5.74, 6) is 0.810. The third-order valence-electron chi connectivity index (χ3n) is 2.22. The molecule has 0 spiro atoms. The maximum atomic E-state index is 5.69. The monoisotopic (exact) mass is 277 g/mol. The fourth-order valence-corrected chi connectivity index (χ4v) is 1.70. The molecule has 0 aliphatic rings. The Bertz CT molecular complexity index is 471. The lowest BCUT2D eigenvalue weighted by atomic mass is 10.2. The summed E-state index contributed by atoms with van der Waals surface area (Å²) in [6, 6.07) is 15.6. The van der Waals surface area contributed by atoms with Crippen LogP contribution in [0.1, 0.15) is 5.56 Å². The fraction of sp³-hybridized carbons (Fsp3) is 0.0769. The van der Waals surface area contributed by atoms with Crippen molar-refractivity contribution in [3.63, 3.8) is 0 Å². The summed E-state index contributed by atoms with van der Waals surface area (Å²) in [4.78, 5) is 0. The SMILES string of the molecule is Nc1ccc(OCc2ccccc2)cc1Br. The van der Waals surface area contributed by atoms with E-state index in [0.29, 0.717) is 12.3 Å². The summed E-state index contributed by atoms with van der Waals surface area (Å²) in [7, 11) is 0. The molecule has 2 aromatic rings. The molecule has 0 fully saturated rings. The number of benzene rings is 2. The van der Waals surface area contributed by atoms with E-state index >= 15 is 0 Å². The highest BCUT2D eigenvalue weighted by atomic mass is 79.9. The molecule has 0 bridgehead atoms. The van der Waals surface area contributed by atoms with E-state index in [1.54, 1.807) is 0 Å². The Hall–Kier alpha value is -1.48. The van der Waals surface area contributed by atoms with Gasteiger partial charge in [0.2, 0.25) is 0 Å². The topological polar surface area (TPSA) is 35.2 Å². The fourth-order valence-electron chi connectivity index (χ4n) is 1.34. The van der Waals surface area contributed by atoms with Gasteiger partial charge in [-0.2, -0.15) is 0 Å². The Morgan fingerprint density at radius 1 is 1.06 bits per heavy atom. The van der Waals surface area contributed by atoms with Crippen LogP contribution in [-0.4, -0.2) is 0 Å². The largest absolute Gasteiger partial charge is 0.489 e. The first-order valence-corrected chi connectivity index (χ1v) is 5.77. The zero-order valence-corrected chi connectivity index (χ0v) is 10.3. The molecule has 0 radical (unpaired) electrons. The molecule has 2 nitrogen and oxygen atoms in total. The molecule has 16 heavy (non-hydrogen) atoms. The molecule has 2 N–H and O–H groups in total. The molecule has 2 rings (SSSR count). The minimum absolute atomic E-state index is 0.567. The predicted molar refractivity (Wildman–Crippen MR) is 69.3 cm³/mol. The number of ether oxygens (including phenoxy) is 1. The van der Waals surface area contributed by atoms with Crippen molar-refractivity contribution >= 4 is 21.6 Å². The first kappa shape index (κ1) is 11.0. The molecule has 82 valence electrons. The minimum Gasteiger partial charge on any atom is -0.489 e. The van der Waals surface area contributed by atoms with Gasteiger partial charge < -0.3 is 10.5 Å². The average Bonchev–Trinajstić information content (AvgIpc) is 2.32. The zero-order chi connectivity index (χ0) is 11.4. The molecule has 0 aliphatic heterocycles. The van der Waals surface area contributed by atoms with Crippen molar-refractivity contribution in [2.45, 2.75) is 6.61 Å². The number of nitrogen functional groups attached to an aromatic ring is 1. The second-order valence-electron chi connectivity index (χ2n) is 3.46. The van der Waals surface area contributed by atoms with E-state index in [-0.39, 0.29) is 0 Å². The predicted octanol–water partition coefficient (Wildman–Crippen LogP) is 3.61. The van der Waals surface area contributed by atoms with Crippen molar-refractivity contribution in [2.75, 3.05) is 5.73 Å². The molecule has 0 amide bonds. The third-order valence-corrected chi connectivity index (χ3v) is 2.91. The summed E-state index contributed by atoms with van der Waals surface area (Å²) >= 11 is 3.37. The van der Waals surface area contributed by atoms with Crippen LogP contribution in [0.5, 0.6) is 5.75 Å². The van der Waals surface area contributed by atoms with Crippen LogP contribution in [0.3, 0.4) is 0 Å². The number of rotatable bonds is 3. The third kappa shape index (κ3) is 2.76. The Morgan fingerprint density at radius 2 is 1.81 bits per heavy atom. The van der Waals surface area contributed by atoms with E-state index in [2.05, 4.69) is 15.9 Å². The van der Waals surface area contributed by atoms with Gasteiger partial charge >= 0.3 is 0 Å². The number of hydrogen-bond acceptors (Lipinski definition) is 2. The second kappa shape index (κ2) is 5.03. The van der Waals surface area contributed by atoms with Crippen LogP contribution in [0.15, 0.2) is 53.0 Å². The summed E-state index contributed by atoms with van der Waals surface area (Å²) in [6.07, 6.45) is 0. The van der Waals surface area contributed by atoms with Crippen molar-refractivity contribution in [1.29, 1.82) is 0 Å². The molecule has 0 heterocycles. The van der Waals surface area contributed by atoms with Crippen LogP contribution in [0.25, 0.3) is 0 Å². The van der Waals surface area contributed by atoms with Crippen LogP contribution in [0.2, 0.25) is 0 Å². The van der Waals surface area contributed by atoms with Crippen molar-refractivity contribution in [3.8, 4) is 5.75 Å². The Labute approximate surface area is 103 Å². The van der Waals surface area contributed by atoms with Gasteiger partial charge in [-0.15, -0.1) is 0 Å². The molecule has 0 saturated carbocycles. The highest BCUT2D eigenvalue weighted by molar-refractivity contribution is 9.10. The van der Waals surface area contributed by atoms with Crippen LogP contribution in [0.4, 0.5) is 5.69 Å². The lowest BCUT2D eigenvalue weighted by molar-refractivity contribution is 0.306. The quantitative estimate of drug-likeness (QED) is 0.870. The van der Waals surface area contributed by atoms with Crippen LogP contribution in [-0.2, 0) is 6.61 Å². The van der Waals surface area contributed by atoms with E-state index in [1.165, 1.54) is 0 Å². The highest BCUT2D eigenvalue weighted by Gasteiger charge is 1.99. The van der Waals surface area contributed by atoms with Gasteiger partial charge in [-0.05, 0) is 39.7 Å². The van der Waals surface area contributed by atoms with E-state index in [0.717, 1.165) is 15.8 Å². The summed E-state index contributed by atoms with van der Waals surface area (Å²) < 4.78 is 6.50. The maximum absolute atomic E-state index is 5.69. The smallest absolute Gasteiger partial charge is 0.121 e. The summed E-state index contributed by atoms with van der Waals surface area (Å²) in [5, 5.41) is 0. The molecule has 0 atom stereocenters. The Kier molecular flexibility index (Phi) is 3.47. The Morgan fingerprint density at radius 3 is 2.50 bits per heavy atom. The van der Waals surface area contributed by atoms with Gasteiger partial charge in [-0.3, -0.25) is 0 Å². The molecule has 2 aromatic carbocycles. The Balaban J connectivity index is 2.03. The molecule has 0 unspecified atom stereocenters. The van der Waals surface area contributed by atoms with Crippen LogP contribution < -0.4 is 10.5 Å². The standard InChI is InChI=1S/C13H12BrNO/c14-12-8-11(6-7-13(12)15)16-9-10-4-2-1-3-5-10/h1-8H,9,15H2. The normalized spacial score (nSPS) is 10.1. The first-order chi connectivity index (χ1) is 7.75. The second-order valence-corrected chi connectivity index (χ2v) is 4.31. The van der Waals surface area contributed by atoms with Crippen molar-refractivity contribution < 1.29 is 4.74 Å². The number of nitrogens with two attached hydrogens (primary N) is 1. The molecule has 0 saturated heterocycles. The number of anilines is 1. The van der Waals surface area contributed by atoms with Gasteiger partial charge in [0.25, 0.3) is 0 Å². The van der Waals surface area contributed by atoms with Crippen molar-refractivity contribution in [1.82, 2.24) is 0 Å². The van der Waals surface area contributed by atoms with Gasteiger partial charge in [-0.25, -0.2) is 0 Å². The lowest BCUT2D eigenvalue weighted by Gasteiger charge is -2.07. The van der Waals surface area contributed by atoms with Gasteiger partial charge in [0, 0.05) is 10.2 Å². The van der Waals surface area contributed by atoms with Crippen molar-refractivity contribution in [2.24, 2.45) is 0 Å². The number of halogens is 1. The molecule has 0 aromatic heterocycles. The lowest BCUT2D eigenvalue weighted by Crippen LogP contribution is -1.95. The highest BCUT2D eigenvalue weighted by Crippen LogP contribution is 2.25. The summed E-state index contributed by atoms with van der Waals surface area (Å²) in [5.41, 5.74) is 7.56. The molecular weight excluding hydrogens is 266 g/mol. The molecule has 0 aliphatic carbocycles. The molecule has 3 heteroatoms. The van der Waals surface area contributed by atoms with Gasteiger partial charge in [0.1, 0.15) is 12.4 Å². The number of hydrogen-bond donors (Lipinski definition) is 1. The van der Waals surface area contributed by atoms with Crippen LogP contribution >= 0.6 is 15.9 Å². The van der Waals surface area contributed by atoms with Gasteiger partial charge in [0.15, 0.2) is 0 Å². The van der Waals surface area contributed by atoms with E-state index in [4.69, 9.17) is 10.5 Å². The van der Waals surface area contributed by atoms with E-state index in [1.807, 2.05) is 48.5 Å². The minimum atomic E-state index is 0.567. The summed E-state index contributed by atoms with van der Waals surface area (Å²) in [6.45, 7) is 0.567. The van der Waals surface area contributed by atoms with Gasteiger partial charge in [-0.1, -0.05) is 30.3 Å². The van der Waals surface area contributed by atoms with Crippen LogP contribution in [0, 0.1) is 0 Å². The first-order valence-electron chi connectivity index (χ1n) is 4.97. The maximum Gasteiger partial charge on any atom is 0.121 e. The van der Waals surface area contributed by atoms with E-state index in [9.17, 15) is 0 Å². The average molecular weight is 278 g/mol. The van der Waals surface area contributed by atoms with Crippen molar-refractivity contribution in [3.05, 3.63) is 58.6 Å². The van der Waals surface area contributed by atoms with E-state index < -0.39 is 0 Å². The zero-order valence-electron chi connectivity index (χ0n) is 8.69. The molecular formula is C13H12BrNO. The van der Waals surface area contributed by atoms with Gasteiger partial charge in [0.05, 0.1) is 0 Å².